The Labute approximate surface area is 145 Å². The van der Waals surface area contributed by atoms with Crippen molar-refractivity contribution in [2.24, 2.45) is 0 Å². The van der Waals surface area contributed by atoms with Gasteiger partial charge in [-0.1, -0.05) is 6.92 Å². The highest BCUT2D eigenvalue weighted by molar-refractivity contribution is 9.10. The van der Waals surface area contributed by atoms with Crippen molar-refractivity contribution in [2.75, 3.05) is 19.0 Å². The SMILES string of the molecule is CCS(=O)(=O)c1ccc(OC2CCC3(CC2)OCCO3)c(Br)c1. The van der Waals surface area contributed by atoms with Crippen LogP contribution in [-0.2, 0) is 19.3 Å². The molecule has 1 saturated carbocycles. The third kappa shape index (κ3) is 3.73. The van der Waals surface area contributed by atoms with Crippen molar-refractivity contribution >= 4 is 25.8 Å². The van der Waals surface area contributed by atoms with Gasteiger partial charge in [0.15, 0.2) is 15.6 Å². The second-order valence-corrected chi connectivity index (χ2v) is 9.05. The molecule has 5 nitrogen and oxygen atoms in total. The largest absolute Gasteiger partial charge is 0.489 e. The maximum absolute atomic E-state index is 11.9. The van der Waals surface area contributed by atoms with E-state index in [-0.39, 0.29) is 11.9 Å². The molecular formula is C16H21BrO5S. The number of ether oxygens (including phenoxy) is 3. The highest BCUT2D eigenvalue weighted by Gasteiger charge is 2.40. The van der Waals surface area contributed by atoms with Crippen LogP contribution >= 0.6 is 15.9 Å². The lowest BCUT2D eigenvalue weighted by Gasteiger charge is -2.35. The Kier molecular flexibility index (Phi) is 5.01. The van der Waals surface area contributed by atoms with Gasteiger partial charge < -0.3 is 14.2 Å². The Hall–Kier alpha value is -0.630. The first kappa shape index (κ1) is 17.2. The van der Waals surface area contributed by atoms with Crippen molar-refractivity contribution in [3.05, 3.63) is 22.7 Å². The molecule has 23 heavy (non-hydrogen) atoms. The molecule has 0 atom stereocenters. The minimum Gasteiger partial charge on any atom is -0.489 e. The zero-order chi connectivity index (χ0) is 16.5. The topological polar surface area (TPSA) is 61.8 Å². The highest BCUT2D eigenvalue weighted by atomic mass is 79.9. The molecule has 1 spiro atoms. The first-order chi connectivity index (χ1) is 10.9. The summed E-state index contributed by atoms with van der Waals surface area (Å²) in [5.41, 5.74) is 0. The summed E-state index contributed by atoms with van der Waals surface area (Å²) in [7, 11) is -3.20. The summed E-state index contributed by atoms with van der Waals surface area (Å²) in [5, 5.41) is 0. The summed E-state index contributed by atoms with van der Waals surface area (Å²) in [6.07, 6.45) is 3.48. The van der Waals surface area contributed by atoms with Gasteiger partial charge in [-0.05, 0) is 47.0 Å². The minimum absolute atomic E-state index is 0.0877. The van der Waals surface area contributed by atoms with Gasteiger partial charge in [-0.15, -0.1) is 0 Å². The Bertz CT molecular complexity index is 657. The molecule has 0 radical (unpaired) electrons. The van der Waals surface area contributed by atoms with Gasteiger partial charge in [0, 0.05) is 12.8 Å². The van der Waals surface area contributed by atoms with Crippen LogP contribution in [0.2, 0.25) is 0 Å². The fraction of sp³-hybridized carbons (Fsp3) is 0.625. The zero-order valence-electron chi connectivity index (χ0n) is 13.1. The first-order valence-corrected chi connectivity index (χ1v) is 10.4. The van der Waals surface area contributed by atoms with Crippen molar-refractivity contribution in [2.45, 2.75) is 49.4 Å². The van der Waals surface area contributed by atoms with Crippen molar-refractivity contribution in [1.82, 2.24) is 0 Å². The standard InChI is InChI=1S/C16H21BrO5S/c1-2-23(18,19)13-3-4-15(14(17)11-13)22-12-5-7-16(8-6-12)20-9-10-21-16/h3-4,11-12H,2,5-10H2,1H3. The van der Waals surface area contributed by atoms with Crippen LogP contribution in [0, 0.1) is 0 Å². The van der Waals surface area contributed by atoms with Gasteiger partial charge >= 0.3 is 0 Å². The monoisotopic (exact) mass is 404 g/mol. The summed E-state index contributed by atoms with van der Waals surface area (Å²) in [4.78, 5) is 0.314. The number of hydrogen-bond donors (Lipinski definition) is 0. The average Bonchev–Trinajstić information content (AvgIpc) is 3.00. The van der Waals surface area contributed by atoms with Crippen LogP contribution in [0.25, 0.3) is 0 Å². The molecule has 1 aromatic rings. The first-order valence-electron chi connectivity index (χ1n) is 7.91. The Morgan fingerprint density at radius 1 is 1.26 bits per heavy atom. The molecule has 1 aliphatic carbocycles. The minimum atomic E-state index is -3.20. The lowest BCUT2D eigenvalue weighted by Crippen LogP contribution is -2.38. The molecular weight excluding hydrogens is 384 g/mol. The van der Waals surface area contributed by atoms with Crippen LogP contribution in [-0.4, -0.2) is 39.3 Å². The maximum atomic E-state index is 11.9. The van der Waals surface area contributed by atoms with Crippen molar-refractivity contribution < 1.29 is 22.6 Å². The van der Waals surface area contributed by atoms with E-state index in [2.05, 4.69) is 15.9 Å². The van der Waals surface area contributed by atoms with E-state index in [1.165, 1.54) is 0 Å². The third-order valence-corrected chi connectivity index (χ3v) is 6.80. The molecule has 0 unspecified atom stereocenters. The molecule has 0 aromatic heterocycles. The molecule has 1 saturated heterocycles. The van der Waals surface area contributed by atoms with Crippen LogP contribution in [0.15, 0.2) is 27.6 Å². The van der Waals surface area contributed by atoms with Gasteiger partial charge in [-0.2, -0.15) is 0 Å². The van der Waals surface area contributed by atoms with Gasteiger partial charge in [-0.3, -0.25) is 0 Å². The molecule has 0 bridgehead atoms. The summed E-state index contributed by atoms with van der Waals surface area (Å²) in [6, 6.07) is 4.94. The van der Waals surface area contributed by atoms with Crippen molar-refractivity contribution in [3.8, 4) is 5.75 Å². The lowest BCUT2D eigenvalue weighted by molar-refractivity contribution is -0.186. The van der Waals surface area contributed by atoms with E-state index >= 15 is 0 Å². The van der Waals surface area contributed by atoms with Crippen LogP contribution < -0.4 is 4.74 Å². The fourth-order valence-corrected chi connectivity index (χ4v) is 4.58. The predicted octanol–water partition coefficient (Wildman–Crippen LogP) is 3.31. The highest BCUT2D eigenvalue weighted by Crippen LogP contribution is 2.38. The fourth-order valence-electron chi connectivity index (χ4n) is 3.05. The smallest absolute Gasteiger partial charge is 0.178 e. The maximum Gasteiger partial charge on any atom is 0.178 e. The summed E-state index contributed by atoms with van der Waals surface area (Å²) >= 11 is 3.42. The third-order valence-electron chi connectivity index (χ3n) is 4.44. The molecule has 0 N–H and O–H groups in total. The molecule has 3 rings (SSSR count). The van der Waals surface area contributed by atoms with Crippen LogP contribution in [0.3, 0.4) is 0 Å². The van der Waals surface area contributed by atoms with E-state index in [1.54, 1.807) is 25.1 Å². The molecule has 7 heteroatoms. The van der Waals surface area contributed by atoms with Gasteiger partial charge in [0.05, 0.1) is 34.4 Å². The number of hydrogen-bond acceptors (Lipinski definition) is 5. The number of halogens is 1. The van der Waals surface area contributed by atoms with Crippen molar-refractivity contribution in [1.29, 1.82) is 0 Å². The van der Waals surface area contributed by atoms with E-state index in [4.69, 9.17) is 14.2 Å². The molecule has 1 heterocycles. The van der Waals surface area contributed by atoms with E-state index < -0.39 is 15.6 Å². The van der Waals surface area contributed by atoms with Gasteiger partial charge in [0.25, 0.3) is 0 Å². The second-order valence-electron chi connectivity index (χ2n) is 5.92. The Morgan fingerprint density at radius 3 is 2.48 bits per heavy atom. The molecule has 1 aromatic carbocycles. The Balaban J connectivity index is 1.65. The second kappa shape index (κ2) is 6.70. The van der Waals surface area contributed by atoms with Gasteiger partial charge in [0.1, 0.15) is 5.75 Å². The molecule has 2 fully saturated rings. The van der Waals surface area contributed by atoms with Crippen LogP contribution in [0.1, 0.15) is 32.6 Å². The average molecular weight is 405 g/mol. The summed E-state index contributed by atoms with van der Waals surface area (Å²) in [5.74, 6) is 0.370. The van der Waals surface area contributed by atoms with E-state index in [9.17, 15) is 8.42 Å². The molecule has 128 valence electrons. The van der Waals surface area contributed by atoms with Crippen LogP contribution in [0.4, 0.5) is 0 Å². The molecule has 2 aliphatic rings. The Morgan fingerprint density at radius 2 is 1.91 bits per heavy atom. The van der Waals surface area contributed by atoms with Crippen LogP contribution in [0.5, 0.6) is 5.75 Å². The van der Waals surface area contributed by atoms with Gasteiger partial charge in [-0.25, -0.2) is 8.42 Å². The van der Waals surface area contributed by atoms with E-state index in [0.29, 0.717) is 28.3 Å². The summed E-state index contributed by atoms with van der Waals surface area (Å²) < 4.78 is 42.0. The number of benzene rings is 1. The zero-order valence-corrected chi connectivity index (χ0v) is 15.5. The lowest BCUT2D eigenvalue weighted by atomic mass is 9.92. The van der Waals surface area contributed by atoms with Gasteiger partial charge in [0.2, 0.25) is 0 Å². The normalized spacial score (nSPS) is 21.7. The quantitative estimate of drug-likeness (QED) is 0.769. The molecule has 1 aliphatic heterocycles. The number of rotatable bonds is 4. The number of sulfone groups is 1. The predicted molar refractivity (Wildman–Crippen MR) is 89.4 cm³/mol. The van der Waals surface area contributed by atoms with E-state index in [1.807, 2.05) is 0 Å². The summed E-state index contributed by atoms with van der Waals surface area (Å²) in [6.45, 7) is 2.98. The molecule has 0 amide bonds. The van der Waals surface area contributed by atoms with Crippen molar-refractivity contribution in [3.63, 3.8) is 0 Å². The van der Waals surface area contributed by atoms with E-state index in [0.717, 1.165) is 25.7 Å².